The van der Waals surface area contributed by atoms with Gasteiger partial charge in [0.15, 0.2) is 0 Å². The van der Waals surface area contributed by atoms with Crippen LogP contribution in [0, 0.1) is 0 Å². The molecular weight excluding hydrogens is 359 g/mol. The van der Waals surface area contributed by atoms with E-state index in [0.29, 0.717) is 10.3 Å². The van der Waals surface area contributed by atoms with Gasteiger partial charge in [-0.2, -0.15) is 0 Å². The molecule has 4 aromatic rings. The van der Waals surface area contributed by atoms with Gasteiger partial charge >= 0.3 is 0 Å². The van der Waals surface area contributed by atoms with Crippen LogP contribution in [0.15, 0.2) is 60.9 Å². The van der Waals surface area contributed by atoms with Gasteiger partial charge in [0, 0.05) is 23.2 Å². The summed E-state index contributed by atoms with van der Waals surface area (Å²) in [5.74, 6) is 1.07. The molecule has 0 aliphatic rings. The molecule has 0 aliphatic carbocycles. The van der Waals surface area contributed by atoms with Crippen molar-refractivity contribution in [1.82, 2.24) is 9.97 Å². The van der Waals surface area contributed by atoms with Crippen molar-refractivity contribution < 1.29 is 9.84 Å². The first kappa shape index (κ1) is 17.3. The maximum Gasteiger partial charge on any atom is 0.129 e. The van der Waals surface area contributed by atoms with Gasteiger partial charge in [0.05, 0.1) is 7.11 Å². The Hall–Kier alpha value is -2.56. The highest BCUT2D eigenvalue weighted by Gasteiger charge is 1.97. The van der Waals surface area contributed by atoms with Crippen LogP contribution in [-0.2, 0) is 0 Å². The lowest BCUT2D eigenvalue weighted by molar-refractivity contribution is 0.415. The third kappa shape index (κ3) is 4.29. The van der Waals surface area contributed by atoms with Crippen molar-refractivity contribution >= 4 is 44.7 Å². The number of aromatic nitrogens is 2. The molecule has 0 spiro atoms. The first-order valence-electron chi connectivity index (χ1n) is 7.39. The second-order valence-electron chi connectivity index (χ2n) is 5.26. The van der Waals surface area contributed by atoms with Crippen LogP contribution >= 0.6 is 23.2 Å². The van der Waals surface area contributed by atoms with Crippen molar-refractivity contribution in [3.63, 3.8) is 0 Å². The lowest BCUT2D eigenvalue weighted by atomic mass is 10.2. The molecule has 0 amide bonds. The van der Waals surface area contributed by atoms with Gasteiger partial charge in [-0.15, -0.1) is 0 Å². The predicted octanol–water partition coefficient (Wildman–Crippen LogP) is 5.49. The van der Waals surface area contributed by atoms with Crippen molar-refractivity contribution in [3.05, 3.63) is 71.2 Å². The second-order valence-corrected chi connectivity index (χ2v) is 6.03. The number of hydrogen-bond donors (Lipinski definition) is 1. The van der Waals surface area contributed by atoms with E-state index in [1.807, 2.05) is 24.3 Å². The average Bonchev–Trinajstić information content (AvgIpc) is 2.62. The zero-order valence-electron chi connectivity index (χ0n) is 13.3. The highest BCUT2D eigenvalue weighted by Crippen LogP contribution is 2.22. The monoisotopic (exact) mass is 372 g/mol. The Kier molecular flexibility index (Phi) is 5.22. The fraction of sp³-hybridized carbons (Fsp3) is 0.0526. The number of methoxy groups -OCH3 is 1. The third-order valence-electron chi connectivity index (χ3n) is 3.57. The van der Waals surface area contributed by atoms with Gasteiger partial charge in [0.1, 0.15) is 21.8 Å². The highest BCUT2D eigenvalue weighted by molar-refractivity contribution is 6.30. The summed E-state index contributed by atoms with van der Waals surface area (Å²) < 4.78 is 5.09. The summed E-state index contributed by atoms with van der Waals surface area (Å²) in [6.07, 6.45) is 3.37. The van der Waals surface area contributed by atoms with Crippen molar-refractivity contribution in [2.75, 3.05) is 7.11 Å². The van der Waals surface area contributed by atoms with Crippen LogP contribution < -0.4 is 4.74 Å². The Morgan fingerprint density at radius 3 is 1.92 bits per heavy atom. The van der Waals surface area contributed by atoms with Crippen molar-refractivity contribution in [2.24, 2.45) is 0 Å². The first-order valence-corrected chi connectivity index (χ1v) is 8.14. The van der Waals surface area contributed by atoms with Gasteiger partial charge in [0.25, 0.3) is 0 Å². The molecule has 126 valence electrons. The summed E-state index contributed by atoms with van der Waals surface area (Å²) in [6, 6.07) is 14.5. The maximum atomic E-state index is 9.14. The molecule has 4 rings (SSSR count). The zero-order chi connectivity index (χ0) is 17.8. The number of benzene rings is 2. The van der Waals surface area contributed by atoms with Gasteiger partial charge < -0.3 is 9.84 Å². The minimum atomic E-state index is 0.242. The van der Waals surface area contributed by atoms with Crippen molar-refractivity contribution in [3.8, 4) is 11.5 Å². The lowest BCUT2D eigenvalue weighted by Gasteiger charge is -2.01. The van der Waals surface area contributed by atoms with Crippen molar-refractivity contribution in [1.29, 1.82) is 0 Å². The van der Waals surface area contributed by atoms with Crippen LogP contribution in [0.25, 0.3) is 21.5 Å². The van der Waals surface area contributed by atoms with Crippen molar-refractivity contribution in [2.45, 2.75) is 0 Å². The molecule has 0 saturated carbocycles. The molecule has 0 unspecified atom stereocenters. The third-order valence-corrected chi connectivity index (χ3v) is 3.98. The maximum absolute atomic E-state index is 9.14. The van der Waals surface area contributed by atoms with Gasteiger partial charge in [-0.3, -0.25) is 0 Å². The molecule has 0 aliphatic heterocycles. The summed E-state index contributed by atoms with van der Waals surface area (Å²) in [5, 5.41) is 14.1. The number of hydrogen-bond acceptors (Lipinski definition) is 4. The molecule has 2 aromatic carbocycles. The van der Waals surface area contributed by atoms with E-state index in [-0.39, 0.29) is 5.75 Å². The molecule has 6 heteroatoms. The summed E-state index contributed by atoms with van der Waals surface area (Å²) in [4.78, 5) is 7.90. The van der Waals surface area contributed by atoms with E-state index in [2.05, 4.69) is 9.97 Å². The van der Waals surface area contributed by atoms with E-state index < -0.39 is 0 Å². The number of halogens is 2. The summed E-state index contributed by atoms with van der Waals surface area (Å²) in [6.45, 7) is 0. The van der Waals surface area contributed by atoms with Gasteiger partial charge in [0.2, 0.25) is 0 Å². The second kappa shape index (κ2) is 7.55. The molecule has 2 aromatic heterocycles. The molecule has 0 saturated heterocycles. The van der Waals surface area contributed by atoms with Crippen LogP contribution in [0.1, 0.15) is 0 Å². The van der Waals surface area contributed by atoms with Crippen LogP contribution in [0.3, 0.4) is 0 Å². The Balaban J connectivity index is 0.000000146. The number of nitrogens with zero attached hydrogens (tertiary/aromatic N) is 2. The summed E-state index contributed by atoms with van der Waals surface area (Å²) in [7, 11) is 1.64. The number of aromatic hydroxyl groups is 1. The molecule has 2 heterocycles. The average molecular weight is 373 g/mol. The van der Waals surface area contributed by atoms with Crippen LogP contribution in [0.2, 0.25) is 10.3 Å². The Bertz CT molecular complexity index is 997. The largest absolute Gasteiger partial charge is 0.508 e. The van der Waals surface area contributed by atoms with Gasteiger partial charge in [-0.1, -0.05) is 35.3 Å². The highest BCUT2D eigenvalue weighted by atomic mass is 35.5. The van der Waals surface area contributed by atoms with Crippen LogP contribution in [0.5, 0.6) is 11.5 Å². The van der Waals surface area contributed by atoms with E-state index in [9.17, 15) is 0 Å². The molecule has 4 nitrogen and oxygen atoms in total. The topological polar surface area (TPSA) is 55.2 Å². The van der Waals surface area contributed by atoms with E-state index in [1.165, 1.54) is 0 Å². The molecule has 25 heavy (non-hydrogen) atoms. The molecule has 1 N–H and O–H groups in total. The fourth-order valence-electron chi connectivity index (χ4n) is 2.32. The zero-order valence-corrected chi connectivity index (χ0v) is 14.8. The summed E-state index contributed by atoms with van der Waals surface area (Å²) in [5.41, 5.74) is 0. The lowest BCUT2D eigenvalue weighted by Crippen LogP contribution is -1.83. The number of rotatable bonds is 1. The number of pyridine rings is 2. The van der Waals surface area contributed by atoms with Gasteiger partial charge in [-0.05, 0) is 47.2 Å². The Labute approximate surface area is 154 Å². The number of phenols is 1. The molecular formula is C19H14Cl2N2O2. The Morgan fingerprint density at radius 2 is 1.32 bits per heavy atom. The summed E-state index contributed by atoms with van der Waals surface area (Å²) >= 11 is 11.4. The normalized spacial score (nSPS) is 10.4. The van der Waals surface area contributed by atoms with E-state index >= 15 is 0 Å². The molecule has 0 bridgehead atoms. The molecule has 0 fully saturated rings. The van der Waals surface area contributed by atoms with E-state index in [0.717, 1.165) is 27.3 Å². The smallest absolute Gasteiger partial charge is 0.129 e. The predicted molar refractivity (Wildman–Crippen MR) is 102 cm³/mol. The molecule has 0 radical (unpaired) electrons. The number of phenolic OH excluding ortho intramolecular Hbond substituents is 1. The van der Waals surface area contributed by atoms with Crippen LogP contribution in [-0.4, -0.2) is 22.2 Å². The molecule has 0 atom stereocenters. The minimum Gasteiger partial charge on any atom is -0.508 e. The quantitative estimate of drug-likeness (QED) is 0.448. The van der Waals surface area contributed by atoms with E-state index in [4.69, 9.17) is 33.0 Å². The first-order chi connectivity index (χ1) is 12.0. The fourth-order valence-corrected chi connectivity index (χ4v) is 2.65. The van der Waals surface area contributed by atoms with Gasteiger partial charge in [-0.25, -0.2) is 9.97 Å². The van der Waals surface area contributed by atoms with E-state index in [1.54, 1.807) is 43.8 Å². The van der Waals surface area contributed by atoms with Crippen LogP contribution in [0.4, 0.5) is 0 Å². The number of fused-ring (bicyclic) bond motifs is 2. The minimum absolute atomic E-state index is 0.242. The standard InChI is InChI=1S/C10H8ClNO.C9H6ClNO/c1-13-9-3-2-7-5-10(11)12-6-8(7)4-9;10-9-4-6-1-2-8(12)3-7(6)5-11-9/h2-6H,1H3;1-5,12H. The SMILES string of the molecule is COc1ccc2cc(Cl)ncc2c1.Oc1ccc2cc(Cl)ncc2c1. The number of ether oxygens (including phenoxy) is 1. The Morgan fingerprint density at radius 1 is 0.760 bits per heavy atom.